The third-order valence-electron chi connectivity index (χ3n) is 5.80. The summed E-state index contributed by atoms with van der Waals surface area (Å²) in [7, 11) is 1.72. The van der Waals surface area contributed by atoms with Gasteiger partial charge in [0.15, 0.2) is 0 Å². The molecule has 0 saturated carbocycles. The summed E-state index contributed by atoms with van der Waals surface area (Å²) in [5.74, 6) is -2.96. The Morgan fingerprint density at radius 2 is 1.29 bits per heavy atom. The number of ether oxygens (including phenoxy) is 1. The highest BCUT2D eigenvalue weighted by atomic mass is 19.4. The SMILES string of the molecule is COc1ccc(CN2CC3CN(Cc4ccccn4)CC3C2)cc1.O=C(O)C(F)(F)F.O=C(O)C(F)(F)F. The minimum Gasteiger partial charge on any atom is -0.497 e. The molecule has 4 rings (SSSR count). The van der Waals surface area contributed by atoms with Gasteiger partial charge in [-0.2, -0.15) is 26.3 Å². The quantitative estimate of drug-likeness (QED) is 0.540. The zero-order chi connectivity index (χ0) is 28.5. The highest BCUT2D eigenvalue weighted by molar-refractivity contribution is 5.73. The number of hydrogen-bond acceptors (Lipinski definition) is 6. The number of nitrogens with zero attached hydrogens (tertiary/aromatic N) is 3. The van der Waals surface area contributed by atoms with Crippen molar-refractivity contribution in [1.29, 1.82) is 0 Å². The minimum absolute atomic E-state index is 0.812. The zero-order valence-corrected chi connectivity index (χ0v) is 20.2. The van der Waals surface area contributed by atoms with Crippen LogP contribution in [0.1, 0.15) is 11.3 Å². The average Bonchev–Trinajstić information content (AvgIpc) is 3.37. The highest BCUT2D eigenvalue weighted by Crippen LogP contribution is 2.32. The number of carboxylic acids is 2. The van der Waals surface area contributed by atoms with Crippen LogP contribution in [0.3, 0.4) is 0 Å². The molecule has 1 aromatic carbocycles. The molecule has 2 saturated heterocycles. The van der Waals surface area contributed by atoms with Crippen LogP contribution in [-0.4, -0.2) is 82.6 Å². The molecule has 3 heterocycles. The predicted molar refractivity (Wildman–Crippen MR) is 122 cm³/mol. The van der Waals surface area contributed by atoms with Crippen molar-refractivity contribution in [3.05, 3.63) is 59.9 Å². The van der Waals surface area contributed by atoms with E-state index in [4.69, 9.17) is 24.5 Å². The molecule has 2 atom stereocenters. The maximum atomic E-state index is 10.6. The number of halogens is 6. The molecule has 0 amide bonds. The first-order chi connectivity index (χ1) is 17.7. The molecule has 0 spiro atoms. The van der Waals surface area contributed by atoms with Crippen LogP contribution in [0.5, 0.6) is 5.75 Å². The third-order valence-corrected chi connectivity index (χ3v) is 5.80. The summed E-state index contributed by atoms with van der Waals surface area (Å²) in [6.45, 7) is 6.90. The third kappa shape index (κ3) is 10.2. The van der Waals surface area contributed by atoms with Crippen molar-refractivity contribution >= 4 is 11.9 Å². The average molecular weight is 551 g/mol. The smallest absolute Gasteiger partial charge is 0.490 e. The molecule has 2 N–H and O–H groups in total. The molecule has 210 valence electrons. The lowest BCUT2D eigenvalue weighted by atomic mass is 10.0. The normalized spacial score (nSPS) is 19.4. The molecule has 38 heavy (non-hydrogen) atoms. The number of hydrogen-bond donors (Lipinski definition) is 2. The number of carbonyl (C=O) groups is 2. The van der Waals surface area contributed by atoms with Crippen LogP contribution < -0.4 is 4.74 Å². The van der Waals surface area contributed by atoms with Gasteiger partial charge in [0, 0.05) is 45.5 Å². The van der Waals surface area contributed by atoms with Gasteiger partial charge in [0.25, 0.3) is 0 Å². The molecule has 2 unspecified atom stereocenters. The van der Waals surface area contributed by atoms with Crippen molar-refractivity contribution in [3.8, 4) is 5.75 Å². The van der Waals surface area contributed by atoms with Gasteiger partial charge in [-0.3, -0.25) is 14.8 Å². The van der Waals surface area contributed by atoms with Gasteiger partial charge in [-0.15, -0.1) is 0 Å². The highest BCUT2D eigenvalue weighted by Gasteiger charge is 2.40. The van der Waals surface area contributed by atoms with Crippen LogP contribution in [0.2, 0.25) is 0 Å². The van der Waals surface area contributed by atoms with Gasteiger partial charge in [-0.1, -0.05) is 18.2 Å². The Morgan fingerprint density at radius 1 is 0.842 bits per heavy atom. The van der Waals surface area contributed by atoms with Gasteiger partial charge < -0.3 is 14.9 Å². The molecule has 14 heteroatoms. The standard InChI is InChI=1S/C20H25N3O.2C2HF3O2/c1-24-20-7-5-16(6-8-20)10-22-11-17-13-23(14-18(17)12-22)15-19-4-2-3-9-21-19;2*3-2(4,5)1(6)7/h2-9,17-18H,10-15H2,1H3;2*(H,6,7). The van der Waals surface area contributed by atoms with Crippen LogP contribution in [-0.2, 0) is 22.7 Å². The first kappa shape index (κ1) is 30.8. The summed E-state index contributed by atoms with van der Waals surface area (Å²) in [6.07, 6.45) is -8.27. The molecule has 2 aliphatic heterocycles. The van der Waals surface area contributed by atoms with Gasteiger partial charge in [0.2, 0.25) is 0 Å². The van der Waals surface area contributed by atoms with Gasteiger partial charge >= 0.3 is 24.3 Å². The fraction of sp³-hybridized carbons (Fsp3) is 0.458. The van der Waals surface area contributed by atoms with Crippen molar-refractivity contribution in [2.24, 2.45) is 11.8 Å². The Morgan fingerprint density at radius 3 is 1.66 bits per heavy atom. The van der Waals surface area contributed by atoms with Gasteiger partial charge in [-0.05, 0) is 41.7 Å². The fourth-order valence-electron chi connectivity index (χ4n) is 4.16. The number of fused-ring (bicyclic) bond motifs is 1. The predicted octanol–water partition coefficient (Wildman–Crippen LogP) is 3.92. The second-order valence-corrected chi connectivity index (χ2v) is 8.68. The van der Waals surface area contributed by atoms with Crippen LogP contribution in [0.4, 0.5) is 26.3 Å². The Hall–Kier alpha value is -3.39. The second-order valence-electron chi connectivity index (χ2n) is 8.68. The van der Waals surface area contributed by atoms with E-state index in [-0.39, 0.29) is 0 Å². The van der Waals surface area contributed by atoms with E-state index >= 15 is 0 Å². The molecule has 0 aliphatic carbocycles. The van der Waals surface area contributed by atoms with E-state index in [0.717, 1.165) is 30.7 Å². The summed E-state index contributed by atoms with van der Waals surface area (Å²) in [6, 6.07) is 14.7. The molecular weight excluding hydrogens is 524 g/mol. The van der Waals surface area contributed by atoms with E-state index in [2.05, 4.69) is 51.2 Å². The lowest BCUT2D eigenvalue weighted by molar-refractivity contribution is -0.193. The van der Waals surface area contributed by atoms with Crippen molar-refractivity contribution < 1.29 is 50.9 Å². The maximum Gasteiger partial charge on any atom is 0.490 e. The van der Waals surface area contributed by atoms with Crippen LogP contribution in [0.15, 0.2) is 48.7 Å². The van der Waals surface area contributed by atoms with Crippen LogP contribution in [0.25, 0.3) is 0 Å². The molecule has 1 aromatic heterocycles. The van der Waals surface area contributed by atoms with E-state index in [1.54, 1.807) is 7.11 Å². The Kier molecular flexibility index (Phi) is 10.9. The molecular formula is C24H27F6N3O5. The number of alkyl halides is 6. The van der Waals surface area contributed by atoms with Gasteiger partial charge in [0.05, 0.1) is 12.8 Å². The maximum absolute atomic E-state index is 10.6. The Bertz CT molecular complexity index is 997. The Balaban J connectivity index is 0.000000301. The molecule has 2 aliphatic rings. The number of methoxy groups -OCH3 is 1. The molecule has 2 aromatic rings. The van der Waals surface area contributed by atoms with E-state index < -0.39 is 24.3 Å². The van der Waals surface area contributed by atoms with E-state index in [0.29, 0.717) is 0 Å². The lowest BCUT2D eigenvalue weighted by Gasteiger charge is -2.21. The molecule has 2 fully saturated rings. The van der Waals surface area contributed by atoms with E-state index in [9.17, 15) is 26.3 Å². The van der Waals surface area contributed by atoms with Crippen molar-refractivity contribution in [1.82, 2.24) is 14.8 Å². The number of aromatic nitrogens is 1. The first-order valence-corrected chi connectivity index (χ1v) is 11.3. The van der Waals surface area contributed by atoms with E-state index in [1.807, 2.05) is 12.3 Å². The monoisotopic (exact) mass is 551 g/mol. The summed E-state index contributed by atoms with van der Waals surface area (Å²) in [5, 5.41) is 14.2. The molecule has 0 radical (unpaired) electrons. The summed E-state index contributed by atoms with van der Waals surface area (Å²) >= 11 is 0. The second kappa shape index (κ2) is 13.4. The first-order valence-electron chi connectivity index (χ1n) is 11.3. The van der Waals surface area contributed by atoms with Gasteiger partial charge in [-0.25, -0.2) is 9.59 Å². The van der Waals surface area contributed by atoms with E-state index in [1.165, 1.54) is 37.4 Å². The van der Waals surface area contributed by atoms with Gasteiger partial charge in [0.1, 0.15) is 5.75 Å². The van der Waals surface area contributed by atoms with Crippen LogP contribution in [0, 0.1) is 11.8 Å². The fourth-order valence-corrected chi connectivity index (χ4v) is 4.16. The number of rotatable bonds is 5. The topological polar surface area (TPSA) is 103 Å². The van der Waals surface area contributed by atoms with Crippen molar-refractivity contribution in [3.63, 3.8) is 0 Å². The lowest BCUT2D eigenvalue weighted by Crippen LogP contribution is -2.28. The molecule has 8 nitrogen and oxygen atoms in total. The number of pyridine rings is 1. The minimum atomic E-state index is -5.08. The van der Waals surface area contributed by atoms with Crippen LogP contribution >= 0.6 is 0 Å². The van der Waals surface area contributed by atoms with Crippen molar-refractivity contribution in [2.75, 3.05) is 33.3 Å². The number of aliphatic carboxylic acids is 2. The molecule has 0 bridgehead atoms. The summed E-state index contributed by atoms with van der Waals surface area (Å²) < 4.78 is 68.7. The van der Waals surface area contributed by atoms with Crippen molar-refractivity contribution in [2.45, 2.75) is 25.4 Å². The summed E-state index contributed by atoms with van der Waals surface area (Å²) in [5.41, 5.74) is 2.56. The number of likely N-dealkylation sites (tertiary alicyclic amines) is 2. The largest absolute Gasteiger partial charge is 0.497 e. The number of carboxylic acid groups (broad SMARTS) is 2. The summed E-state index contributed by atoms with van der Waals surface area (Å²) in [4.78, 5) is 27.4. The Labute approximate surface area is 214 Å². The number of benzene rings is 1. The zero-order valence-electron chi connectivity index (χ0n) is 20.2.